The van der Waals surface area contributed by atoms with Crippen LogP contribution in [0.4, 0.5) is 0 Å². The lowest BCUT2D eigenvalue weighted by Gasteiger charge is -2.16. The normalized spacial score (nSPS) is 22.4. The van der Waals surface area contributed by atoms with Crippen LogP contribution in [0, 0.1) is 0 Å². The molecular weight excluding hydrogens is 124 g/mol. The Morgan fingerprint density at radius 2 is 2.50 bits per heavy atom. The van der Waals surface area contributed by atoms with Crippen LogP contribution in [0.2, 0.25) is 0 Å². The lowest BCUT2D eigenvalue weighted by atomic mass is 10.1. The SMILES string of the molecule is C1=[NH+]CC2=CCCNC2=C1. The molecule has 2 heteroatoms. The van der Waals surface area contributed by atoms with Crippen LogP contribution in [-0.2, 0) is 0 Å². The third kappa shape index (κ3) is 0.856. The molecule has 0 saturated heterocycles. The Hall–Kier alpha value is -1.05. The highest BCUT2D eigenvalue weighted by Gasteiger charge is 2.12. The van der Waals surface area contributed by atoms with E-state index in [1.165, 1.54) is 11.3 Å². The molecule has 2 rings (SSSR count). The van der Waals surface area contributed by atoms with Gasteiger partial charge in [0.15, 0.2) is 12.8 Å². The standard InChI is InChI=1S/C8H10N2/c1-2-7-6-9-5-3-8(7)10-4-1/h2-3,5,10H,1,4,6H2/p+1. The van der Waals surface area contributed by atoms with Crippen molar-refractivity contribution in [2.45, 2.75) is 6.42 Å². The quantitative estimate of drug-likeness (QED) is 0.436. The smallest absolute Gasteiger partial charge is 0.167 e. The highest BCUT2D eigenvalue weighted by molar-refractivity contribution is 5.69. The van der Waals surface area contributed by atoms with E-state index in [1.807, 2.05) is 6.21 Å². The van der Waals surface area contributed by atoms with E-state index in [0.29, 0.717) is 0 Å². The van der Waals surface area contributed by atoms with Crippen molar-refractivity contribution < 1.29 is 4.99 Å². The zero-order valence-electron chi connectivity index (χ0n) is 5.85. The molecule has 0 bridgehead atoms. The Kier molecular flexibility index (Phi) is 1.31. The summed E-state index contributed by atoms with van der Waals surface area (Å²) in [6.07, 6.45) is 7.54. The van der Waals surface area contributed by atoms with Crippen molar-refractivity contribution >= 4 is 6.21 Å². The molecule has 0 saturated carbocycles. The van der Waals surface area contributed by atoms with Gasteiger partial charge in [0.25, 0.3) is 0 Å². The van der Waals surface area contributed by atoms with Crippen LogP contribution in [0.5, 0.6) is 0 Å². The third-order valence-corrected chi connectivity index (χ3v) is 1.86. The van der Waals surface area contributed by atoms with Gasteiger partial charge in [-0.3, -0.25) is 0 Å². The molecule has 0 amide bonds. The summed E-state index contributed by atoms with van der Waals surface area (Å²) in [5, 5.41) is 3.34. The van der Waals surface area contributed by atoms with Gasteiger partial charge in [-0.25, -0.2) is 4.99 Å². The minimum Gasteiger partial charge on any atom is -0.384 e. The molecule has 0 unspecified atom stereocenters. The largest absolute Gasteiger partial charge is 0.384 e. The summed E-state index contributed by atoms with van der Waals surface area (Å²) in [6, 6.07) is 0. The number of nitrogens with one attached hydrogen (secondary N) is 2. The van der Waals surface area contributed by atoms with Crippen molar-refractivity contribution in [2.75, 3.05) is 13.1 Å². The fraction of sp³-hybridized carbons (Fsp3) is 0.375. The zero-order valence-corrected chi connectivity index (χ0v) is 5.85. The second kappa shape index (κ2) is 2.29. The van der Waals surface area contributed by atoms with Crippen LogP contribution in [0.15, 0.2) is 23.4 Å². The molecule has 0 radical (unpaired) electrons. The van der Waals surface area contributed by atoms with E-state index < -0.39 is 0 Å². The average molecular weight is 135 g/mol. The van der Waals surface area contributed by atoms with Crippen LogP contribution in [-0.4, -0.2) is 19.3 Å². The molecule has 2 nitrogen and oxygen atoms in total. The maximum absolute atomic E-state index is 3.34. The van der Waals surface area contributed by atoms with E-state index in [0.717, 1.165) is 19.5 Å². The van der Waals surface area contributed by atoms with Crippen molar-refractivity contribution in [3.05, 3.63) is 23.4 Å². The Labute approximate surface area is 60.3 Å². The number of rotatable bonds is 0. The molecule has 0 atom stereocenters. The van der Waals surface area contributed by atoms with Gasteiger partial charge in [-0.1, -0.05) is 6.08 Å². The molecule has 2 heterocycles. The first-order valence-electron chi connectivity index (χ1n) is 3.67. The fourth-order valence-electron chi connectivity index (χ4n) is 1.32. The number of allylic oxidation sites excluding steroid dienone is 1. The summed E-state index contributed by atoms with van der Waals surface area (Å²) in [5.74, 6) is 0. The Morgan fingerprint density at radius 1 is 1.50 bits per heavy atom. The van der Waals surface area contributed by atoms with E-state index in [2.05, 4.69) is 22.5 Å². The van der Waals surface area contributed by atoms with Crippen LogP contribution in [0.3, 0.4) is 0 Å². The Morgan fingerprint density at radius 3 is 3.40 bits per heavy atom. The number of hydrogen-bond acceptors (Lipinski definition) is 1. The minimum atomic E-state index is 0.985. The zero-order chi connectivity index (χ0) is 6.81. The summed E-state index contributed by atoms with van der Waals surface area (Å²) >= 11 is 0. The second-order valence-electron chi connectivity index (χ2n) is 2.57. The van der Waals surface area contributed by atoms with Crippen molar-refractivity contribution in [1.82, 2.24) is 5.32 Å². The van der Waals surface area contributed by atoms with Gasteiger partial charge in [0.2, 0.25) is 0 Å². The van der Waals surface area contributed by atoms with Gasteiger partial charge in [0, 0.05) is 23.9 Å². The van der Waals surface area contributed by atoms with Crippen molar-refractivity contribution in [1.29, 1.82) is 0 Å². The summed E-state index contributed by atoms with van der Waals surface area (Å²) in [7, 11) is 0. The topological polar surface area (TPSA) is 26.0 Å². The lowest BCUT2D eigenvalue weighted by molar-refractivity contribution is -0.441. The summed E-state index contributed by atoms with van der Waals surface area (Å²) < 4.78 is 0. The molecule has 0 aromatic carbocycles. The molecule has 10 heavy (non-hydrogen) atoms. The summed E-state index contributed by atoms with van der Waals surface area (Å²) in [6.45, 7) is 2.07. The predicted octanol–water partition coefficient (Wildman–Crippen LogP) is -1.04. The fourth-order valence-corrected chi connectivity index (χ4v) is 1.32. The molecule has 52 valence electrons. The van der Waals surface area contributed by atoms with Gasteiger partial charge in [0.05, 0.1) is 0 Å². The maximum Gasteiger partial charge on any atom is 0.167 e. The first-order valence-corrected chi connectivity index (χ1v) is 3.67. The predicted molar refractivity (Wildman–Crippen MR) is 40.7 cm³/mol. The van der Waals surface area contributed by atoms with Crippen LogP contribution in [0.25, 0.3) is 0 Å². The molecule has 0 aliphatic carbocycles. The highest BCUT2D eigenvalue weighted by atomic mass is 14.9. The molecule has 0 aromatic rings. The molecule has 0 spiro atoms. The van der Waals surface area contributed by atoms with Gasteiger partial charge in [-0.15, -0.1) is 0 Å². The molecule has 2 N–H and O–H groups in total. The Balaban J connectivity index is 2.32. The van der Waals surface area contributed by atoms with Crippen LogP contribution >= 0.6 is 0 Å². The van der Waals surface area contributed by atoms with Gasteiger partial charge in [0.1, 0.15) is 0 Å². The van der Waals surface area contributed by atoms with E-state index in [1.54, 1.807) is 0 Å². The first kappa shape index (κ1) is 5.71. The van der Waals surface area contributed by atoms with E-state index in [4.69, 9.17) is 0 Å². The van der Waals surface area contributed by atoms with Gasteiger partial charge >= 0.3 is 0 Å². The maximum atomic E-state index is 3.34. The summed E-state index contributed by atoms with van der Waals surface area (Å²) in [4.78, 5) is 3.17. The van der Waals surface area contributed by atoms with Crippen molar-refractivity contribution in [3.63, 3.8) is 0 Å². The van der Waals surface area contributed by atoms with Crippen molar-refractivity contribution in [3.8, 4) is 0 Å². The first-order chi connectivity index (χ1) is 4.97. The molecule has 0 fully saturated rings. The second-order valence-corrected chi connectivity index (χ2v) is 2.57. The number of fused-ring (bicyclic) bond motifs is 1. The molecular formula is C8H11N2+. The number of hydrogen-bond donors (Lipinski definition) is 2. The van der Waals surface area contributed by atoms with E-state index in [9.17, 15) is 0 Å². The van der Waals surface area contributed by atoms with Gasteiger partial charge in [-0.05, 0) is 6.42 Å². The average Bonchev–Trinajstić information content (AvgIpc) is 2.05. The molecule has 2 aliphatic rings. The van der Waals surface area contributed by atoms with E-state index >= 15 is 0 Å². The van der Waals surface area contributed by atoms with Crippen molar-refractivity contribution in [2.24, 2.45) is 0 Å². The lowest BCUT2D eigenvalue weighted by Crippen LogP contribution is -2.71. The van der Waals surface area contributed by atoms with Crippen LogP contribution in [0.1, 0.15) is 6.42 Å². The minimum absolute atomic E-state index is 0.985. The monoisotopic (exact) mass is 135 g/mol. The van der Waals surface area contributed by atoms with Gasteiger partial charge in [-0.2, -0.15) is 0 Å². The van der Waals surface area contributed by atoms with Gasteiger partial charge < -0.3 is 5.32 Å². The molecule has 0 aromatic heterocycles. The third-order valence-electron chi connectivity index (χ3n) is 1.86. The Bertz CT molecular complexity index is 223. The van der Waals surface area contributed by atoms with E-state index in [-0.39, 0.29) is 0 Å². The summed E-state index contributed by atoms with van der Waals surface area (Å²) in [5.41, 5.74) is 2.71. The van der Waals surface area contributed by atoms with Crippen LogP contribution < -0.4 is 10.3 Å². The molecule has 2 aliphatic heterocycles. The highest BCUT2D eigenvalue weighted by Crippen LogP contribution is 2.10.